The fourth-order valence-corrected chi connectivity index (χ4v) is 6.95. The number of hydrogen-bond acceptors (Lipinski definition) is 6. The Morgan fingerprint density at radius 2 is 1.64 bits per heavy atom. The average molecular weight is 548 g/mol. The Hall–Kier alpha value is -3.56. The van der Waals surface area contributed by atoms with Crippen molar-refractivity contribution in [3.63, 3.8) is 0 Å². The van der Waals surface area contributed by atoms with Crippen molar-refractivity contribution in [1.29, 1.82) is 0 Å². The Balaban J connectivity index is 1.26. The van der Waals surface area contributed by atoms with Crippen molar-refractivity contribution < 1.29 is 22.7 Å². The van der Waals surface area contributed by atoms with E-state index in [9.17, 15) is 18.0 Å². The molecule has 5 rings (SSSR count). The highest BCUT2D eigenvalue weighted by Gasteiger charge is 2.38. The summed E-state index contributed by atoms with van der Waals surface area (Å²) in [5.74, 6) is 0.296. The van der Waals surface area contributed by atoms with E-state index in [0.29, 0.717) is 36.8 Å². The number of imide groups is 1. The molecule has 3 heterocycles. The first-order chi connectivity index (χ1) is 18.8. The number of pyridine rings is 1. The molecule has 3 aromatic rings. The summed E-state index contributed by atoms with van der Waals surface area (Å²) in [7, 11) is -3.49. The zero-order chi connectivity index (χ0) is 27.4. The normalized spacial score (nSPS) is 17.9. The third-order valence-corrected chi connectivity index (χ3v) is 9.51. The van der Waals surface area contributed by atoms with E-state index < -0.39 is 10.0 Å². The Kier molecular flexibility index (Phi) is 8.09. The zero-order valence-electron chi connectivity index (χ0n) is 22.0. The maximum absolute atomic E-state index is 13.0. The minimum absolute atomic E-state index is 0.0835. The van der Waals surface area contributed by atoms with Gasteiger partial charge >= 0.3 is 0 Å². The summed E-state index contributed by atoms with van der Waals surface area (Å²) in [6.07, 6.45) is 6.25. The molecule has 204 valence electrons. The summed E-state index contributed by atoms with van der Waals surface area (Å²) in [5, 5.41) is 0. The van der Waals surface area contributed by atoms with E-state index in [-0.39, 0.29) is 36.6 Å². The predicted octanol–water partition coefficient (Wildman–Crippen LogP) is 4.62. The molecular weight excluding hydrogens is 514 g/mol. The minimum Gasteiger partial charge on any atom is -0.494 e. The fraction of sp³-hybridized carbons (Fsp3) is 0.367. The molecule has 2 amide bonds. The van der Waals surface area contributed by atoms with Gasteiger partial charge in [0.15, 0.2) is 0 Å². The van der Waals surface area contributed by atoms with Gasteiger partial charge in [0, 0.05) is 56.7 Å². The van der Waals surface area contributed by atoms with Crippen LogP contribution in [0.3, 0.4) is 0 Å². The largest absolute Gasteiger partial charge is 0.494 e. The van der Waals surface area contributed by atoms with Crippen LogP contribution in [-0.4, -0.2) is 60.2 Å². The SMILES string of the molecule is CC(c1cccnc1)[C@H](CCOc1ccc(-c2cccc(S(=O)(=O)N3CCCC3)c2)cc1)N1C(=O)CCC1=O. The Morgan fingerprint density at radius 3 is 2.31 bits per heavy atom. The van der Waals surface area contributed by atoms with Gasteiger partial charge in [-0.2, -0.15) is 4.31 Å². The number of hydrogen-bond donors (Lipinski definition) is 0. The van der Waals surface area contributed by atoms with Crippen molar-refractivity contribution in [2.24, 2.45) is 0 Å². The van der Waals surface area contributed by atoms with Crippen LogP contribution in [0.4, 0.5) is 0 Å². The van der Waals surface area contributed by atoms with Gasteiger partial charge in [-0.1, -0.05) is 37.3 Å². The lowest BCUT2D eigenvalue weighted by atomic mass is 9.91. The van der Waals surface area contributed by atoms with Crippen LogP contribution in [0.5, 0.6) is 5.75 Å². The van der Waals surface area contributed by atoms with Gasteiger partial charge in [-0.25, -0.2) is 8.42 Å². The van der Waals surface area contributed by atoms with E-state index in [1.165, 1.54) is 4.90 Å². The van der Waals surface area contributed by atoms with E-state index in [1.807, 2.05) is 49.4 Å². The lowest BCUT2D eigenvalue weighted by Crippen LogP contribution is -2.43. The van der Waals surface area contributed by atoms with Gasteiger partial charge in [-0.15, -0.1) is 0 Å². The summed E-state index contributed by atoms with van der Waals surface area (Å²) in [5.41, 5.74) is 2.67. The summed E-state index contributed by atoms with van der Waals surface area (Å²) in [6, 6.07) is 18.0. The minimum atomic E-state index is -3.49. The van der Waals surface area contributed by atoms with Crippen molar-refractivity contribution >= 4 is 21.8 Å². The highest BCUT2D eigenvalue weighted by molar-refractivity contribution is 7.89. The van der Waals surface area contributed by atoms with Gasteiger partial charge in [0.1, 0.15) is 5.75 Å². The van der Waals surface area contributed by atoms with E-state index >= 15 is 0 Å². The van der Waals surface area contributed by atoms with Gasteiger partial charge in [0.2, 0.25) is 21.8 Å². The Bertz CT molecular complexity index is 1400. The van der Waals surface area contributed by atoms with E-state index in [2.05, 4.69) is 4.98 Å². The van der Waals surface area contributed by atoms with Crippen molar-refractivity contribution in [3.8, 4) is 16.9 Å². The number of carbonyl (C=O) groups excluding carboxylic acids is 2. The maximum atomic E-state index is 13.0. The molecule has 0 radical (unpaired) electrons. The van der Waals surface area contributed by atoms with Gasteiger partial charge in [-0.3, -0.25) is 19.5 Å². The lowest BCUT2D eigenvalue weighted by molar-refractivity contribution is -0.141. The number of carbonyl (C=O) groups is 2. The predicted molar refractivity (Wildman–Crippen MR) is 148 cm³/mol. The molecule has 39 heavy (non-hydrogen) atoms. The molecule has 0 aliphatic carbocycles. The van der Waals surface area contributed by atoms with E-state index in [4.69, 9.17) is 4.74 Å². The van der Waals surface area contributed by atoms with Crippen LogP contribution in [0, 0.1) is 0 Å². The van der Waals surface area contributed by atoms with Gasteiger partial charge in [0.25, 0.3) is 0 Å². The molecule has 2 aliphatic heterocycles. The van der Waals surface area contributed by atoms with E-state index in [0.717, 1.165) is 29.5 Å². The Labute approximate surface area is 229 Å². The number of ether oxygens (including phenoxy) is 1. The van der Waals surface area contributed by atoms with Crippen molar-refractivity contribution in [1.82, 2.24) is 14.2 Å². The van der Waals surface area contributed by atoms with E-state index in [1.54, 1.807) is 34.9 Å². The van der Waals surface area contributed by atoms with Crippen LogP contribution in [0.25, 0.3) is 11.1 Å². The van der Waals surface area contributed by atoms with Crippen LogP contribution in [0.15, 0.2) is 78.0 Å². The third kappa shape index (κ3) is 5.89. The number of benzene rings is 2. The number of amides is 2. The molecule has 8 nitrogen and oxygen atoms in total. The van der Waals surface area contributed by atoms with Crippen molar-refractivity contribution in [2.45, 2.75) is 55.9 Å². The molecule has 2 saturated heterocycles. The quantitative estimate of drug-likeness (QED) is 0.344. The standard InChI is InChI=1S/C30H33N3O5S/c1-22(25-7-5-16-31-21-25)28(33-29(34)13-14-30(33)35)15-19-38-26-11-9-23(10-12-26)24-6-4-8-27(20-24)39(36,37)32-17-2-3-18-32/h4-12,16,20-22,28H,2-3,13-15,17-19H2,1H3/t22?,28-/m0/s1. The molecule has 0 N–H and O–H groups in total. The molecule has 0 bridgehead atoms. The molecule has 2 fully saturated rings. The molecule has 1 unspecified atom stereocenters. The first kappa shape index (κ1) is 27.0. The smallest absolute Gasteiger partial charge is 0.243 e. The Morgan fingerprint density at radius 1 is 0.923 bits per heavy atom. The molecular formula is C30H33N3O5S. The number of rotatable bonds is 10. The highest BCUT2D eigenvalue weighted by Crippen LogP contribution is 2.30. The molecule has 2 aromatic carbocycles. The molecule has 0 spiro atoms. The summed E-state index contributed by atoms with van der Waals surface area (Å²) >= 11 is 0. The fourth-order valence-electron chi connectivity index (χ4n) is 5.39. The first-order valence-corrected chi connectivity index (χ1v) is 14.9. The zero-order valence-corrected chi connectivity index (χ0v) is 22.8. The van der Waals surface area contributed by atoms with Crippen LogP contribution in [0.2, 0.25) is 0 Å². The van der Waals surface area contributed by atoms with Gasteiger partial charge < -0.3 is 4.74 Å². The number of nitrogens with zero attached hydrogens (tertiary/aromatic N) is 3. The first-order valence-electron chi connectivity index (χ1n) is 13.4. The lowest BCUT2D eigenvalue weighted by Gasteiger charge is -2.31. The average Bonchev–Trinajstić information content (AvgIpc) is 3.63. The summed E-state index contributed by atoms with van der Waals surface area (Å²) in [4.78, 5) is 31.0. The van der Waals surface area contributed by atoms with Crippen LogP contribution >= 0.6 is 0 Å². The highest BCUT2D eigenvalue weighted by atomic mass is 32.2. The molecule has 2 aliphatic rings. The van der Waals surface area contributed by atoms with Gasteiger partial charge in [-0.05, 0) is 59.9 Å². The molecule has 1 aromatic heterocycles. The molecule has 2 atom stereocenters. The number of sulfonamides is 1. The van der Waals surface area contributed by atoms with Crippen LogP contribution < -0.4 is 4.74 Å². The van der Waals surface area contributed by atoms with Crippen molar-refractivity contribution in [3.05, 3.63) is 78.6 Å². The number of likely N-dealkylation sites (tertiary alicyclic amines) is 1. The molecule has 0 saturated carbocycles. The topological polar surface area (TPSA) is 96.9 Å². The second kappa shape index (κ2) is 11.7. The second-order valence-electron chi connectivity index (χ2n) is 10.1. The third-order valence-electron chi connectivity index (χ3n) is 7.62. The maximum Gasteiger partial charge on any atom is 0.243 e. The summed E-state index contributed by atoms with van der Waals surface area (Å²) < 4.78 is 33.5. The van der Waals surface area contributed by atoms with Crippen LogP contribution in [0.1, 0.15) is 50.5 Å². The van der Waals surface area contributed by atoms with Crippen molar-refractivity contribution in [2.75, 3.05) is 19.7 Å². The monoisotopic (exact) mass is 547 g/mol. The van der Waals surface area contributed by atoms with Crippen LogP contribution in [-0.2, 0) is 19.6 Å². The summed E-state index contributed by atoms with van der Waals surface area (Å²) in [6.45, 7) is 3.48. The molecule has 9 heteroatoms. The van der Waals surface area contributed by atoms with Gasteiger partial charge in [0.05, 0.1) is 11.5 Å². The number of aromatic nitrogens is 1. The second-order valence-corrected chi connectivity index (χ2v) is 12.0.